The minimum atomic E-state index is 0.250. The van der Waals surface area contributed by atoms with Gasteiger partial charge in [0.25, 0.3) is 0 Å². The second kappa shape index (κ2) is 10.2. The third-order valence-corrected chi connectivity index (χ3v) is 5.29. The zero-order valence-corrected chi connectivity index (χ0v) is 17.3. The first kappa shape index (κ1) is 21.0. The van der Waals surface area contributed by atoms with E-state index in [4.69, 9.17) is 24.0 Å². The summed E-state index contributed by atoms with van der Waals surface area (Å²) < 4.78 is 10.7. The summed E-state index contributed by atoms with van der Waals surface area (Å²) >= 11 is 1.62. The molecule has 1 heterocycles. The average molecular weight is 417 g/mol. The van der Waals surface area contributed by atoms with Crippen LogP contribution in [0.2, 0.25) is 0 Å². The molecule has 0 saturated heterocycles. The standard InChI is InChI=1S/C23H19NO2S.CO2/c1-25-21-12-11-19(14-22(21)26-2)23-24-20(15-27-23)18-10-6-9-17(13-18)16-7-4-3-5-8-16;2-1-3/h3-15H,1-2H3;. The van der Waals surface area contributed by atoms with Gasteiger partial charge in [-0.1, -0.05) is 48.5 Å². The normalized spacial score (nSPS) is 9.80. The maximum absolute atomic E-state index is 8.12. The molecule has 150 valence electrons. The number of carbonyl (C=O) groups excluding carboxylic acids is 2. The Morgan fingerprint density at radius 2 is 1.40 bits per heavy atom. The van der Waals surface area contributed by atoms with Gasteiger partial charge in [-0.25, -0.2) is 4.98 Å². The van der Waals surface area contributed by atoms with E-state index in [0.29, 0.717) is 11.5 Å². The van der Waals surface area contributed by atoms with Gasteiger partial charge in [0.1, 0.15) is 5.01 Å². The van der Waals surface area contributed by atoms with Gasteiger partial charge in [0.2, 0.25) is 0 Å². The van der Waals surface area contributed by atoms with Crippen LogP contribution in [0.25, 0.3) is 33.0 Å². The lowest BCUT2D eigenvalue weighted by Gasteiger charge is -2.08. The molecular formula is C24H19NO4S. The molecule has 0 fully saturated rings. The summed E-state index contributed by atoms with van der Waals surface area (Å²) in [5.74, 6) is 1.42. The van der Waals surface area contributed by atoms with E-state index in [1.807, 2.05) is 24.3 Å². The van der Waals surface area contributed by atoms with Crippen molar-refractivity contribution >= 4 is 17.5 Å². The Balaban J connectivity index is 0.000000806. The van der Waals surface area contributed by atoms with Crippen LogP contribution in [0.1, 0.15) is 0 Å². The van der Waals surface area contributed by atoms with Crippen molar-refractivity contribution in [1.82, 2.24) is 4.98 Å². The summed E-state index contributed by atoms with van der Waals surface area (Å²) in [6.45, 7) is 0. The Bertz CT molecular complexity index is 1150. The van der Waals surface area contributed by atoms with Gasteiger partial charge in [-0.3, -0.25) is 0 Å². The van der Waals surface area contributed by atoms with Gasteiger partial charge in [0, 0.05) is 16.5 Å². The summed E-state index contributed by atoms with van der Waals surface area (Å²) in [6.07, 6.45) is 0.250. The second-order valence-corrected chi connectivity index (χ2v) is 7.00. The summed E-state index contributed by atoms with van der Waals surface area (Å²) in [5.41, 5.74) is 5.49. The van der Waals surface area contributed by atoms with Crippen molar-refractivity contribution in [3.63, 3.8) is 0 Å². The molecule has 5 nitrogen and oxygen atoms in total. The molecule has 0 atom stereocenters. The summed E-state index contributed by atoms with van der Waals surface area (Å²) in [5, 5.41) is 3.05. The SMILES string of the molecule is COc1ccc(-c2nc(-c3cccc(-c4ccccc4)c3)cs2)cc1OC.O=C=O. The molecule has 0 unspecified atom stereocenters. The largest absolute Gasteiger partial charge is 0.493 e. The molecule has 0 aliphatic heterocycles. The molecule has 0 saturated carbocycles. The van der Waals surface area contributed by atoms with E-state index in [1.54, 1.807) is 25.6 Å². The number of benzene rings is 3. The minimum Gasteiger partial charge on any atom is -0.493 e. The summed E-state index contributed by atoms with van der Waals surface area (Å²) in [7, 11) is 3.28. The number of rotatable bonds is 5. The highest BCUT2D eigenvalue weighted by molar-refractivity contribution is 7.13. The molecule has 4 aromatic rings. The Morgan fingerprint density at radius 1 is 0.733 bits per heavy atom. The maximum Gasteiger partial charge on any atom is 0.373 e. The van der Waals surface area contributed by atoms with Crippen molar-refractivity contribution in [3.8, 4) is 44.5 Å². The lowest BCUT2D eigenvalue weighted by atomic mass is 10.0. The van der Waals surface area contributed by atoms with Crippen molar-refractivity contribution in [2.45, 2.75) is 0 Å². The van der Waals surface area contributed by atoms with Gasteiger partial charge in [-0.05, 0) is 35.4 Å². The Kier molecular flexibility index (Phi) is 7.11. The molecule has 0 aliphatic carbocycles. The van der Waals surface area contributed by atoms with Crippen LogP contribution in [0.5, 0.6) is 11.5 Å². The van der Waals surface area contributed by atoms with Crippen LogP contribution < -0.4 is 9.47 Å². The molecule has 0 bridgehead atoms. The first-order chi connectivity index (χ1) is 14.7. The monoisotopic (exact) mass is 417 g/mol. The molecular weight excluding hydrogens is 398 g/mol. The molecule has 0 aliphatic rings. The van der Waals surface area contributed by atoms with E-state index in [1.165, 1.54) is 11.1 Å². The Labute approximate surface area is 178 Å². The quantitative estimate of drug-likeness (QED) is 0.424. The van der Waals surface area contributed by atoms with E-state index < -0.39 is 0 Å². The van der Waals surface area contributed by atoms with E-state index >= 15 is 0 Å². The van der Waals surface area contributed by atoms with Crippen LogP contribution in [0, 0.1) is 0 Å². The summed E-state index contributed by atoms with van der Waals surface area (Å²) in [4.78, 5) is 21.1. The maximum atomic E-state index is 8.12. The highest BCUT2D eigenvalue weighted by atomic mass is 32.1. The molecule has 0 N–H and O–H groups in total. The fourth-order valence-electron chi connectivity index (χ4n) is 3.00. The second-order valence-electron chi connectivity index (χ2n) is 6.14. The van der Waals surface area contributed by atoms with Gasteiger partial charge in [0.15, 0.2) is 11.5 Å². The van der Waals surface area contributed by atoms with E-state index in [0.717, 1.165) is 21.8 Å². The van der Waals surface area contributed by atoms with Crippen molar-refractivity contribution in [2.75, 3.05) is 14.2 Å². The van der Waals surface area contributed by atoms with Crippen LogP contribution in [0.3, 0.4) is 0 Å². The number of thiazole rings is 1. The Morgan fingerprint density at radius 3 is 2.10 bits per heavy atom. The van der Waals surface area contributed by atoms with Crippen LogP contribution >= 0.6 is 11.3 Å². The summed E-state index contributed by atoms with van der Waals surface area (Å²) in [6, 6.07) is 24.7. The Hall–Kier alpha value is -3.73. The van der Waals surface area contributed by atoms with Gasteiger partial charge >= 0.3 is 6.15 Å². The minimum absolute atomic E-state index is 0.250. The zero-order valence-electron chi connectivity index (χ0n) is 16.5. The number of aromatic nitrogens is 1. The molecule has 0 radical (unpaired) electrons. The van der Waals surface area contributed by atoms with Crippen LogP contribution in [-0.4, -0.2) is 25.4 Å². The first-order valence-corrected chi connectivity index (χ1v) is 9.91. The number of hydrogen-bond donors (Lipinski definition) is 0. The highest BCUT2D eigenvalue weighted by Gasteiger charge is 2.11. The van der Waals surface area contributed by atoms with Crippen molar-refractivity contribution in [3.05, 3.63) is 78.2 Å². The lowest BCUT2D eigenvalue weighted by molar-refractivity contribution is -0.191. The highest BCUT2D eigenvalue weighted by Crippen LogP contribution is 2.35. The molecule has 3 aromatic carbocycles. The number of methoxy groups -OCH3 is 2. The number of nitrogens with zero attached hydrogens (tertiary/aromatic N) is 1. The molecule has 6 heteroatoms. The van der Waals surface area contributed by atoms with Crippen molar-refractivity contribution in [2.24, 2.45) is 0 Å². The van der Waals surface area contributed by atoms with Crippen LogP contribution in [0.4, 0.5) is 0 Å². The molecule has 1 aromatic heterocycles. The van der Waals surface area contributed by atoms with Crippen LogP contribution in [-0.2, 0) is 9.59 Å². The van der Waals surface area contributed by atoms with E-state index in [2.05, 4.69) is 53.9 Å². The average Bonchev–Trinajstić information content (AvgIpc) is 3.30. The third-order valence-electron chi connectivity index (χ3n) is 4.40. The predicted octanol–water partition coefficient (Wildman–Crippen LogP) is 5.58. The topological polar surface area (TPSA) is 65.5 Å². The molecule has 4 rings (SSSR count). The van der Waals surface area contributed by atoms with Crippen molar-refractivity contribution < 1.29 is 19.1 Å². The lowest BCUT2D eigenvalue weighted by Crippen LogP contribution is -1.90. The van der Waals surface area contributed by atoms with Crippen LogP contribution in [0.15, 0.2) is 78.2 Å². The van der Waals surface area contributed by atoms with Crippen molar-refractivity contribution in [1.29, 1.82) is 0 Å². The fourth-order valence-corrected chi connectivity index (χ4v) is 3.82. The number of ether oxygens (including phenoxy) is 2. The van der Waals surface area contributed by atoms with Gasteiger partial charge in [0.05, 0.1) is 19.9 Å². The van der Waals surface area contributed by atoms with Gasteiger partial charge in [-0.15, -0.1) is 11.3 Å². The van der Waals surface area contributed by atoms with Gasteiger partial charge < -0.3 is 9.47 Å². The third kappa shape index (κ3) is 4.81. The van der Waals surface area contributed by atoms with E-state index in [-0.39, 0.29) is 6.15 Å². The zero-order chi connectivity index (χ0) is 21.3. The predicted molar refractivity (Wildman–Crippen MR) is 117 cm³/mol. The number of hydrogen-bond acceptors (Lipinski definition) is 6. The molecule has 0 spiro atoms. The first-order valence-electron chi connectivity index (χ1n) is 9.03. The van der Waals surface area contributed by atoms with Gasteiger partial charge in [-0.2, -0.15) is 9.59 Å². The fraction of sp³-hybridized carbons (Fsp3) is 0.0833. The molecule has 0 amide bonds. The molecule has 30 heavy (non-hydrogen) atoms. The smallest absolute Gasteiger partial charge is 0.373 e. The van der Waals surface area contributed by atoms with E-state index in [9.17, 15) is 0 Å².